The summed E-state index contributed by atoms with van der Waals surface area (Å²) in [5.74, 6) is -0.403. The first kappa shape index (κ1) is 12.7. The molecule has 3 nitrogen and oxygen atoms in total. The fourth-order valence-corrected chi connectivity index (χ4v) is 1.85. The third kappa shape index (κ3) is 3.62. The third-order valence-electron chi connectivity index (χ3n) is 1.94. The summed E-state index contributed by atoms with van der Waals surface area (Å²) in [6.45, 7) is 0. The standard InChI is InChI=1S/C10H11ClINO2/c1-15-10(14)9(13)5-6-2-3-7(11)8(12)4-6/h2-4,9H,5,13H2,1H3. The van der Waals surface area contributed by atoms with Crippen LogP contribution in [0.4, 0.5) is 0 Å². The summed E-state index contributed by atoms with van der Waals surface area (Å²) >= 11 is 8.01. The van der Waals surface area contributed by atoms with Crippen LogP contribution in [0.1, 0.15) is 5.56 Å². The summed E-state index contributed by atoms with van der Waals surface area (Å²) in [5.41, 5.74) is 6.61. The van der Waals surface area contributed by atoms with Crippen LogP contribution in [0.3, 0.4) is 0 Å². The lowest BCUT2D eigenvalue weighted by molar-refractivity contribution is -0.142. The van der Waals surface area contributed by atoms with Crippen molar-refractivity contribution >= 4 is 40.2 Å². The normalized spacial score (nSPS) is 12.3. The molecule has 1 aromatic rings. The van der Waals surface area contributed by atoms with Gasteiger partial charge in [0.05, 0.1) is 12.1 Å². The van der Waals surface area contributed by atoms with E-state index in [2.05, 4.69) is 27.3 Å². The van der Waals surface area contributed by atoms with Gasteiger partial charge in [-0.1, -0.05) is 17.7 Å². The lowest BCUT2D eigenvalue weighted by atomic mass is 10.1. The van der Waals surface area contributed by atoms with Crippen LogP contribution in [0.15, 0.2) is 18.2 Å². The first-order chi connectivity index (χ1) is 7.04. The van der Waals surface area contributed by atoms with Gasteiger partial charge in [0, 0.05) is 3.57 Å². The van der Waals surface area contributed by atoms with Gasteiger partial charge >= 0.3 is 5.97 Å². The Bertz CT molecular complexity index is 370. The Kier molecular flexibility index (Phi) is 4.82. The van der Waals surface area contributed by atoms with Gasteiger partial charge in [-0.05, 0) is 46.7 Å². The van der Waals surface area contributed by atoms with E-state index in [1.54, 1.807) is 6.07 Å². The number of carbonyl (C=O) groups is 1. The van der Waals surface area contributed by atoms with Crippen molar-refractivity contribution in [3.8, 4) is 0 Å². The topological polar surface area (TPSA) is 52.3 Å². The predicted octanol–water partition coefficient (Wildman–Crippen LogP) is 1.99. The molecule has 2 N–H and O–H groups in total. The monoisotopic (exact) mass is 339 g/mol. The number of carbonyl (C=O) groups excluding carboxylic acids is 1. The molecule has 0 bridgehead atoms. The summed E-state index contributed by atoms with van der Waals surface area (Å²) in [5, 5.41) is 0.700. The van der Waals surface area contributed by atoms with Crippen LogP contribution in [0.2, 0.25) is 5.02 Å². The molecule has 0 aliphatic carbocycles. The molecule has 1 unspecified atom stereocenters. The molecule has 0 saturated heterocycles. The molecule has 0 saturated carbocycles. The highest BCUT2D eigenvalue weighted by molar-refractivity contribution is 14.1. The van der Waals surface area contributed by atoms with Gasteiger partial charge in [-0.15, -0.1) is 0 Å². The molecule has 0 aromatic heterocycles. The molecule has 15 heavy (non-hydrogen) atoms. The van der Waals surface area contributed by atoms with Crippen LogP contribution < -0.4 is 5.73 Å². The number of esters is 1. The summed E-state index contributed by atoms with van der Waals surface area (Å²) < 4.78 is 5.49. The first-order valence-electron chi connectivity index (χ1n) is 4.32. The number of rotatable bonds is 3. The molecule has 0 amide bonds. The lowest BCUT2D eigenvalue weighted by Gasteiger charge is -2.09. The van der Waals surface area contributed by atoms with E-state index in [-0.39, 0.29) is 0 Å². The van der Waals surface area contributed by atoms with Crippen molar-refractivity contribution in [3.63, 3.8) is 0 Å². The predicted molar refractivity (Wildman–Crippen MR) is 67.9 cm³/mol. The molecule has 0 radical (unpaired) electrons. The number of methoxy groups -OCH3 is 1. The fraction of sp³-hybridized carbons (Fsp3) is 0.300. The van der Waals surface area contributed by atoms with E-state index in [1.165, 1.54) is 7.11 Å². The maximum absolute atomic E-state index is 11.1. The number of ether oxygens (including phenoxy) is 1. The van der Waals surface area contributed by atoms with E-state index in [4.69, 9.17) is 17.3 Å². The molecule has 0 heterocycles. The minimum Gasteiger partial charge on any atom is -0.468 e. The minimum atomic E-state index is -0.619. The lowest BCUT2D eigenvalue weighted by Crippen LogP contribution is -2.33. The van der Waals surface area contributed by atoms with E-state index < -0.39 is 12.0 Å². The Labute approximate surface area is 107 Å². The average Bonchev–Trinajstić information content (AvgIpc) is 2.22. The Morgan fingerprint density at radius 2 is 2.33 bits per heavy atom. The second-order valence-corrected chi connectivity index (χ2v) is 4.65. The highest BCUT2D eigenvalue weighted by Gasteiger charge is 2.14. The van der Waals surface area contributed by atoms with Crippen molar-refractivity contribution in [2.24, 2.45) is 5.73 Å². The Morgan fingerprint density at radius 1 is 1.67 bits per heavy atom. The zero-order valence-corrected chi connectivity index (χ0v) is 11.1. The molecule has 0 fully saturated rings. The summed E-state index contributed by atoms with van der Waals surface area (Å²) in [6.07, 6.45) is 0.458. The van der Waals surface area contributed by atoms with Crippen molar-refractivity contribution in [2.45, 2.75) is 12.5 Å². The van der Waals surface area contributed by atoms with Crippen LogP contribution >= 0.6 is 34.2 Å². The molecule has 1 aromatic carbocycles. The number of benzene rings is 1. The van der Waals surface area contributed by atoms with E-state index in [9.17, 15) is 4.79 Å². The number of nitrogens with two attached hydrogens (primary N) is 1. The maximum atomic E-state index is 11.1. The molecule has 0 aliphatic heterocycles. The van der Waals surface area contributed by atoms with Gasteiger partial charge in [-0.25, -0.2) is 0 Å². The molecular weight excluding hydrogens is 328 g/mol. The van der Waals surface area contributed by atoms with Gasteiger partial charge in [0.1, 0.15) is 6.04 Å². The SMILES string of the molecule is COC(=O)C(N)Cc1ccc(Cl)c(I)c1. The number of hydrogen-bond donors (Lipinski definition) is 1. The highest BCUT2D eigenvalue weighted by Crippen LogP contribution is 2.20. The van der Waals surface area contributed by atoms with Crippen LogP contribution in [-0.4, -0.2) is 19.1 Å². The number of hydrogen-bond acceptors (Lipinski definition) is 3. The zero-order chi connectivity index (χ0) is 11.4. The molecule has 5 heteroatoms. The zero-order valence-electron chi connectivity index (χ0n) is 8.17. The van der Waals surface area contributed by atoms with Crippen LogP contribution in [0, 0.1) is 3.57 Å². The third-order valence-corrected chi connectivity index (χ3v) is 3.48. The van der Waals surface area contributed by atoms with Gasteiger partial charge < -0.3 is 10.5 Å². The van der Waals surface area contributed by atoms with Gasteiger partial charge in [0.2, 0.25) is 0 Å². The Balaban J connectivity index is 2.73. The minimum absolute atomic E-state index is 0.403. The second kappa shape index (κ2) is 5.67. The molecule has 0 aliphatic rings. The molecular formula is C10H11ClINO2. The van der Waals surface area contributed by atoms with Crippen molar-refractivity contribution < 1.29 is 9.53 Å². The van der Waals surface area contributed by atoms with Gasteiger partial charge in [0.25, 0.3) is 0 Å². The van der Waals surface area contributed by atoms with Crippen LogP contribution in [0.25, 0.3) is 0 Å². The van der Waals surface area contributed by atoms with Crippen molar-refractivity contribution in [3.05, 3.63) is 32.4 Å². The second-order valence-electron chi connectivity index (χ2n) is 3.08. The van der Waals surface area contributed by atoms with Gasteiger partial charge in [-0.3, -0.25) is 4.79 Å². The average molecular weight is 340 g/mol. The Hall–Kier alpha value is -0.330. The van der Waals surface area contributed by atoms with Gasteiger partial charge in [-0.2, -0.15) is 0 Å². The molecule has 1 rings (SSSR count). The fourth-order valence-electron chi connectivity index (χ4n) is 1.16. The molecule has 82 valence electrons. The summed E-state index contributed by atoms with van der Waals surface area (Å²) in [6, 6.07) is 4.94. The van der Waals surface area contributed by atoms with E-state index in [1.807, 2.05) is 12.1 Å². The largest absolute Gasteiger partial charge is 0.468 e. The maximum Gasteiger partial charge on any atom is 0.322 e. The molecule has 1 atom stereocenters. The van der Waals surface area contributed by atoms with Crippen LogP contribution in [-0.2, 0) is 16.0 Å². The number of halogens is 2. The highest BCUT2D eigenvalue weighted by atomic mass is 127. The van der Waals surface area contributed by atoms with Crippen molar-refractivity contribution in [1.29, 1.82) is 0 Å². The first-order valence-corrected chi connectivity index (χ1v) is 5.77. The van der Waals surface area contributed by atoms with Crippen molar-refractivity contribution in [1.82, 2.24) is 0 Å². The quantitative estimate of drug-likeness (QED) is 0.677. The summed E-state index contributed by atoms with van der Waals surface area (Å²) in [7, 11) is 1.33. The van der Waals surface area contributed by atoms with E-state index in [0.29, 0.717) is 11.4 Å². The molecule has 0 spiro atoms. The Morgan fingerprint density at radius 3 is 2.87 bits per heavy atom. The van der Waals surface area contributed by atoms with E-state index >= 15 is 0 Å². The van der Waals surface area contributed by atoms with Crippen molar-refractivity contribution in [2.75, 3.05) is 7.11 Å². The van der Waals surface area contributed by atoms with E-state index in [0.717, 1.165) is 9.13 Å². The smallest absolute Gasteiger partial charge is 0.322 e. The summed E-state index contributed by atoms with van der Waals surface area (Å²) in [4.78, 5) is 11.1. The van der Waals surface area contributed by atoms with Gasteiger partial charge in [0.15, 0.2) is 0 Å². The van der Waals surface area contributed by atoms with Crippen LogP contribution in [0.5, 0.6) is 0 Å².